The highest BCUT2D eigenvalue weighted by Crippen LogP contribution is 2.25. The van der Waals surface area contributed by atoms with Crippen molar-refractivity contribution >= 4 is 27.3 Å². The number of rotatable bonds is 7. The lowest BCUT2D eigenvalue weighted by Gasteiger charge is -2.09. The van der Waals surface area contributed by atoms with Gasteiger partial charge in [0.1, 0.15) is 4.21 Å². The normalized spacial score (nSPS) is 16.2. The van der Waals surface area contributed by atoms with Crippen molar-refractivity contribution in [2.24, 2.45) is 5.92 Å². The Bertz CT molecular complexity index is 575. The minimum absolute atomic E-state index is 0.0716. The third kappa shape index (κ3) is 5.09. The van der Waals surface area contributed by atoms with Crippen molar-refractivity contribution in [3.8, 4) is 0 Å². The van der Waals surface area contributed by atoms with Gasteiger partial charge in [-0.25, -0.2) is 13.1 Å². The maximum absolute atomic E-state index is 12.2. The largest absolute Gasteiger partial charge is 0.356 e. The minimum Gasteiger partial charge on any atom is -0.356 e. The molecule has 1 aliphatic carbocycles. The molecule has 0 spiro atoms. The van der Waals surface area contributed by atoms with Gasteiger partial charge in [0, 0.05) is 24.9 Å². The first-order valence-corrected chi connectivity index (χ1v) is 9.60. The summed E-state index contributed by atoms with van der Waals surface area (Å²) in [5.74, 6) is 0.414. The maximum Gasteiger partial charge on any atom is 0.250 e. The van der Waals surface area contributed by atoms with Crippen LogP contribution in [0.3, 0.4) is 0 Å². The van der Waals surface area contributed by atoms with E-state index in [2.05, 4.69) is 10.0 Å². The molecule has 5 nitrogen and oxygen atoms in total. The zero-order valence-electron chi connectivity index (χ0n) is 12.2. The zero-order valence-corrected chi connectivity index (χ0v) is 13.9. The summed E-state index contributed by atoms with van der Waals surface area (Å²) in [6.07, 6.45) is 5.31. The van der Waals surface area contributed by atoms with Crippen LogP contribution in [0.25, 0.3) is 0 Å². The van der Waals surface area contributed by atoms with Crippen LogP contribution in [0.2, 0.25) is 0 Å². The van der Waals surface area contributed by atoms with Crippen molar-refractivity contribution in [2.45, 2.75) is 43.2 Å². The van der Waals surface area contributed by atoms with Crippen LogP contribution in [-0.4, -0.2) is 27.4 Å². The third-order valence-electron chi connectivity index (χ3n) is 3.68. The number of hydrogen-bond donors (Lipinski definition) is 2. The maximum atomic E-state index is 12.2. The first-order valence-electron chi connectivity index (χ1n) is 7.30. The molecule has 0 atom stereocenters. The van der Waals surface area contributed by atoms with Crippen molar-refractivity contribution in [1.82, 2.24) is 10.0 Å². The van der Waals surface area contributed by atoms with Crippen LogP contribution in [0.1, 0.15) is 37.5 Å². The molecule has 21 heavy (non-hydrogen) atoms. The summed E-state index contributed by atoms with van der Waals surface area (Å²) in [5, 5.41) is 2.71. The number of hydrogen-bond acceptors (Lipinski definition) is 4. The average Bonchev–Trinajstić information content (AvgIpc) is 3.07. The van der Waals surface area contributed by atoms with Gasteiger partial charge in [0.2, 0.25) is 15.9 Å². The van der Waals surface area contributed by atoms with Gasteiger partial charge in [-0.1, -0.05) is 12.8 Å². The Kier molecular flexibility index (Phi) is 5.78. The smallest absolute Gasteiger partial charge is 0.250 e. The van der Waals surface area contributed by atoms with Crippen molar-refractivity contribution in [2.75, 3.05) is 13.1 Å². The molecule has 1 aromatic heterocycles. The molecule has 0 unspecified atom stereocenters. The molecule has 0 radical (unpaired) electrons. The first kappa shape index (κ1) is 16.5. The summed E-state index contributed by atoms with van der Waals surface area (Å²) in [4.78, 5) is 11.8. The van der Waals surface area contributed by atoms with E-state index in [0.29, 0.717) is 29.6 Å². The number of sulfonamides is 1. The number of carbonyl (C=O) groups excluding carboxylic acids is 1. The Hall–Kier alpha value is -0.920. The summed E-state index contributed by atoms with van der Waals surface area (Å²) in [7, 11) is -3.39. The van der Waals surface area contributed by atoms with Gasteiger partial charge in [-0.15, -0.1) is 11.3 Å². The highest BCUT2D eigenvalue weighted by molar-refractivity contribution is 7.91. The predicted octanol–water partition coefficient (Wildman–Crippen LogP) is 1.90. The molecule has 1 amide bonds. The van der Waals surface area contributed by atoms with Crippen molar-refractivity contribution in [3.63, 3.8) is 0 Å². The van der Waals surface area contributed by atoms with E-state index in [1.165, 1.54) is 31.1 Å². The Morgan fingerprint density at radius 2 is 2.05 bits per heavy atom. The second-order valence-corrected chi connectivity index (χ2v) is 8.62. The molecule has 1 fully saturated rings. The molecule has 118 valence electrons. The van der Waals surface area contributed by atoms with Crippen LogP contribution in [0.15, 0.2) is 16.3 Å². The monoisotopic (exact) mass is 330 g/mol. The van der Waals surface area contributed by atoms with Crippen LogP contribution in [-0.2, 0) is 21.2 Å². The summed E-state index contributed by atoms with van der Waals surface area (Å²) >= 11 is 1.27. The molecular formula is C14H22N2O3S2. The zero-order chi connectivity index (χ0) is 15.3. The molecule has 2 N–H and O–H groups in total. The molecular weight excluding hydrogens is 308 g/mol. The fourth-order valence-electron chi connectivity index (χ4n) is 2.51. The topological polar surface area (TPSA) is 75.3 Å². The highest BCUT2D eigenvalue weighted by Gasteiger charge is 2.21. The molecule has 7 heteroatoms. The predicted molar refractivity (Wildman–Crippen MR) is 83.9 cm³/mol. The van der Waals surface area contributed by atoms with Crippen molar-refractivity contribution < 1.29 is 13.2 Å². The average molecular weight is 330 g/mol. The molecule has 1 heterocycles. The van der Waals surface area contributed by atoms with E-state index in [1.807, 2.05) is 6.07 Å². The van der Waals surface area contributed by atoms with E-state index in [0.717, 1.165) is 17.7 Å². The van der Waals surface area contributed by atoms with E-state index in [4.69, 9.17) is 0 Å². The Balaban J connectivity index is 1.87. The summed E-state index contributed by atoms with van der Waals surface area (Å²) in [5.41, 5.74) is 0. The van der Waals surface area contributed by atoms with Crippen LogP contribution in [0.5, 0.6) is 0 Å². The van der Waals surface area contributed by atoms with Gasteiger partial charge in [0.05, 0.1) is 0 Å². The van der Waals surface area contributed by atoms with Gasteiger partial charge in [-0.05, 0) is 37.3 Å². The highest BCUT2D eigenvalue weighted by atomic mass is 32.2. The van der Waals surface area contributed by atoms with Gasteiger partial charge in [-0.2, -0.15) is 0 Å². The molecule has 0 aliphatic heterocycles. The van der Waals surface area contributed by atoms with Gasteiger partial charge >= 0.3 is 0 Å². The Morgan fingerprint density at radius 3 is 2.71 bits per heavy atom. The van der Waals surface area contributed by atoms with E-state index in [9.17, 15) is 13.2 Å². The number of carbonyl (C=O) groups is 1. The SMILES string of the molecule is CC(=O)NCCc1ccc(S(=O)(=O)NCC2CCCC2)s1. The van der Waals surface area contributed by atoms with E-state index >= 15 is 0 Å². The summed E-state index contributed by atoms with van der Waals surface area (Å²) in [6.45, 7) is 2.55. The molecule has 1 aromatic rings. The minimum atomic E-state index is -3.39. The van der Waals surface area contributed by atoms with Crippen molar-refractivity contribution in [3.05, 3.63) is 17.0 Å². The van der Waals surface area contributed by atoms with Crippen molar-refractivity contribution in [1.29, 1.82) is 0 Å². The van der Waals surface area contributed by atoms with E-state index in [-0.39, 0.29) is 5.91 Å². The fraction of sp³-hybridized carbons (Fsp3) is 0.643. The molecule has 0 saturated heterocycles. The second kappa shape index (κ2) is 7.38. The molecule has 1 saturated carbocycles. The molecule has 0 aromatic carbocycles. The van der Waals surface area contributed by atoms with Gasteiger partial charge in [-0.3, -0.25) is 4.79 Å². The van der Waals surface area contributed by atoms with Crippen LogP contribution < -0.4 is 10.0 Å². The number of thiophene rings is 1. The lowest BCUT2D eigenvalue weighted by atomic mass is 10.1. The quantitative estimate of drug-likeness (QED) is 0.802. The van der Waals surface area contributed by atoms with Crippen LogP contribution >= 0.6 is 11.3 Å². The lowest BCUT2D eigenvalue weighted by Crippen LogP contribution is -2.27. The Labute approximate surface area is 130 Å². The molecule has 1 aliphatic rings. The lowest BCUT2D eigenvalue weighted by molar-refractivity contribution is -0.118. The number of nitrogens with one attached hydrogen (secondary N) is 2. The van der Waals surface area contributed by atoms with E-state index < -0.39 is 10.0 Å². The standard InChI is InChI=1S/C14H22N2O3S2/c1-11(17)15-9-8-13-6-7-14(20-13)21(18,19)16-10-12-4-2-3-5-12/h6-7,12,16H,2-5,8-10H2,1H3,(H,15,17). The third-order valence-corrected chi connectivity index (χ3v) is 6.74. The van der Waals surface area contributed by atoms with Gasteiger partial charge in [0.25, 0.3) is 0 Å². The van der Waals surface area contributed by atoms with Gasteiger partial charge in [0.15, 0.2) is 0 Å². The Morgan fingerprint density at radius 1 is 1.33 bits per heavy atom. The summed E-state index contributed by atoms with van der Waals surface area (Å²) < 4.78 is 27.5. The molecule has 2 rings (SSSR count). The molecule has 0 bridgehead atoms. The summed E-state index contributed by atoms with van der Waals surface area (Å²) in [6, 6.07) is 3.46. The van der Waals surface area contributed by atoms with Gasteiger partial charge < -0.3 is 5.32 Å². The van der Waals surface area contributed by atoms with Crippen LogP contribution in [0.4, 0.5) is 0 Å². The number of amides is 1. The first-order chi connectivity index (χ1) is 9.97. The fourth-order valence-corrected chi connectivity index (χ4v) is 5.03. The second-order valence-electron chi connectivity index (χ2n) is 5.46. The van der Waals surface area contributed by atoms with Crippen LogP contribution in [0, 0.1) is 5.92 Å². The van der Waals surface area contributed by atoms with E-state index in [1.54, 1.807) is 6.07 Å².